The van der Waals surface area contributed by atoms with Crippen molar-refractivity contribution in [1.82, 2.24) is 0 Å². The van der Waals surface area contributed by atoms with Crippen molar-refractivity contribution in [3.63, 3.8) is 0 Å². The van der Waals surface area contributed by atoms with Crippen LogP contribution in [0.2, 0.25) is 0 Å². The lowest BCUT2D eigenvalue weighted by molar-refractivity contribution is -0.118. The quantitative estimate of drug-likeness (QED) is 0.119. The van der Waals surface area contributed by atoms with Crippen LogP contribution in [-0.4, -0.2) is 30.2 Å². The van der Waals surface area contributed by atoms with Gasteiger partial charge in [0.2, 0.25) is 0 Å². The van der Waals surface area contributed by atoms with Crippen molar-refractivity contribution >= 4 is 41.1 Å². The summed E-state index contributed by atoms with van der Waals surface area (Å²) in [5, 5.41) is 5.84. The number of amides is 1. The lowest BCUT2D eigenvalue weighted by Gasteiger charge is -2.12. The molecule has 3 aromatic rings. The average molecular weight is 508 g/mol. The first-order valence-electron chi connectivity index (χ1n) is 13.0. The minimum absolute atomic E-state index is 0.0943. The summed E-state index contributed by atoms with van der Waals surface area (Å²) in [5.74, 6) is 0.0873. The molecule has 0 aliphatic carbocycles. The van der Waals surface area contributed by atoms with E-state index in [1.807, 2.05) is 62.4 Å². The molecule has 1 aliphatic rings. The number of hydrogen-bond donors (Lipinski definition) is 0. The number of carbonyl (C=O) groups excluding carboxylic acids is 2. The fourth-order valence-corrected chi connectivity index (χ4v) is 3.98. The molecule has 0 radical (unpaired) electrons. The number of anilines is 1. The lowest BCUT2D eigenvalue weighted by Crippen LogP contribution is -2.27. The van der Waals surface area contributed by atoms with Gasteiger partial charge in [0.05, 0.1) is 23.7 Å². The Balaban J connectivity index is 1.32. The fraction of sp³-hybridized carbons (Fsp3) is 0.250. The van der Waals surface area contributed by atoms with Crippen LogP contribution < -0.4 is 9.75 Å². The van der Waals surface area contributed by atoms with E-state index in [1.54, 1.807) is 42.6 Å². The Hall–Kier alpha value is -4.32. The highest BCUT2D eigenvalue weighted by atomic mass is 16.5. The van der Waals surface area contributed by atoms with Gasteiger partial charge in [-0.3, -0.25) is 14.6 Å². The van der Waals surface area contributed by atoms with Crippen LogP contribution in [0.1, 0.15) is 54.6 Å². The molecular formula is C32H33N3O3. The number of ether oxygens (including phenoxy) is 1. The zero-order valence-corrected chi connectivity index (χ0v) is 22.1. The van der Waals surface area contributed by atoms with E-state index in [-0.39, 0.29) is 11.7 Å². The van der Waals surface area contributed by atoms with Crippen molar-refractivity contribution in [2.75, 3.05) is 11.6 Å². The van der Waals surface area contributed by atoms with Gasteiger partial charge in [-0.05, 0) is 80.4 Å². The average Bonchev–Trinajstić information content (AvgIpc) is 3.22. The minimum atomic E-state index is -0.520. The normalized spacial score (nSPS) is 15.4. The molecular weight excluding hydrogens is 474 g/mol. The second-order valence-corrected chi connectivity index (χ2v) is 9.35. The van der Waals surface area contributed by atoms with E-state index in [0.717, 1.165) is 42.0 Å². The minimum Gasteiger partial charge on any atom is -0.494 e. The highest BCUT2D eigenvalue weighted by Crippen LogP contribution is 2.24. The molecule has 0 spiro atoms. The van der Waals surface area contributed by atoms with Crippen molar-refractivity contribution in [2.45, 2.75) is 40.0 Å². The second-order valence-electron chi connectivity index (χ2n) is 9.35. The summed E-state index contributed by atoms with van der Waals surface area (Å²) in [6.07, 6.45) is 8.35. The molecule has 6 nitrogen and oxygen atoms in total. The van der Waals surface area contributed by atoms with Crippen LogP contribution in [0.3, 0.4) is 0 Å². The molecule has 38 heavy (non-hydrogen) atoms. The summed E-state index contributed by atoms with van der Waals surface area (Å²) in [6.45, 7) is 6.71. The summed E-state index contributed by atoms with van der Waals surface area (Å²) in [4.78, 5) is 30.0. The summed E-state index contributed by atoms with van der Waals surface area (Å²) in [7, 11) is 0. The van der Waals surface area contributed by atoms with Crippen molar-refractivity contribution < 1.29 is 14.3 Å². The maximum atomic E-state index is 12.9. The highest BCUT2D eigenvalue weighted by molar-refractivity contribution is 6.23. The molecule has 1 unspecified atom stereocenters. The maximum Gasteiger partial charge on any atom is 0.261 e. The van der Waals surface area contributed by atoms with E-state index >= 15 is 0 Å². The predicted molar refractivity (Wildman–Crippen MR) is 155 cm³/mol. The Morgan fingerprint density at radius 3 is 2.37 bits per heavy atom. The number of allylic oxidation sites excluding steroid dienone is 1. The fourth-order valence-electron chi connectivity index (χ4n) is 3.98. The van der Waals surface area contributed by atoms with E-state index in [0.29, 0.717) is 17.0 Å². The molecule has 6 heteroatoms. The van der Waals surface area contributed by atoms with E-state index in [2.05, 4.69) is 17.0 Å². The molecule has 1 heterocycles. The number of benzene rings is 3. The van der Waals surface area contributed by atoms with E-state index < -0.39 is 5.92 Å². The summed E-state index contributed by atoms with van der Waals surface area (Å²) in [5.41, 5.74) is 4.70. The van der Waals surface area contributed by atoms with E-state index in [4.69, 9.17) is 4.74 Å². The van der Waals surface area contributed by atoms with Gasteiger partial charge in [-0.2, -0.15) is 10.1 Å². The van der Waals surface area contributed by atoms with Gasteiger partial charge >= 0.3 is 0 Å². The third-order valence-electron chi connectivity index (χ3n) is 6.31. The Labute approximate surface area is 224 Å². The van der Waals surface area contributed by atoms with Crippen LogP contribution in [-0.2, 0) is 4.79 Å². The Morgan fingerprint density at radius 1 is 0.974 bits per heavy atom. The van der Waals surface area contributed by atoms with Gasteiger partial charge in [-0.1, -0.05) is 55.7 Å². The standard InChI is InChI=1S/C32H33N3O3/c1-4-5-6-21-38-29-18-9-25(10-19-29)11-20-31(36)26-12-14-27(15-13-26)33-22-30-24(3)34-35(32(30)37)28-16-7-23(2)8-17-28/h7-20,22,30H,4-6,21H2,1-3H3/b20-11+,33-22?. The molecule has 0 aromatic heterocycles. The molecule has 3 aromatic carbocycles. The molecule has 1 aliphatic heterocycles. The van der Waals surface area contributed by atoms with Crippen molar-refractivity contribution in [3.05, 3.63) is 95.6 Å². The van der Waals surface area contributed by atoms with Gasteiger partial charge in [-0.15, -0.1) is 0 Å². The molecule has 0 saturated carbocycles. The van der Waals surface area contributed by atoms with Gasteiger partial charge in [0, 0.05) is 11.8 Å². The lowest BCUT2D eigenvalue weighted by atomic mass is 10.1. The van der Waals surface area contributed by atoms with Crippen LogP contribution in [0.25, 0.3) is 6.08 Å². The number of hydrazone groups is 1. The second kappa shape index (κ2) is 12.8. The van der Waals surface area contributed by atoms with Gasteiger partial charge < -0.3 is 4.74 Å². The first kappa shape index (κ1) is 26.7. The monoisotopic (exact) mass is 507 g/mol. The third kappa shape index (κ3) is 6.91. The highest BCUT2D eigenvalue weighted by Gasteiger charge is 2.33. The smallest absolute Gasteiger partial charge is 0.261 e. The van der Waals surface area contributed by atoms with Crippen LogP contribution in [0.15, 0.2) is 89.0 Å². The SMILES string of the molecule is CCCCCOc1ccc(/C=C/C(=O)c2ccc(N=CC3C(=O)N(c4ccc(C)cc4)N=C3C)cc2)cc1. The number of hydrogen-bond acceptors (Lipinski definition) is 5. The Kier molecular flexibility index (Phi) is 8.98. The molecule has 0 fully saturated rings. The van der Waals surface area contributed by atoms with Crippen LogP contribution >= 0.6 is 0 Å². The zero-order valence-electron chi connectivity index (χ0n) is 22.1. The number of ketones is 1. The predicted octanol–water partition coefficient (Wildman–Crippen LogP) is 7.20. The number of rotatable bonds is 11. The molecule has 0 N–H and O–H groups in total. The molecule has 4 rings (SSSR count). The topological polar surface area (TPSA) is 71.3 Å². The van der Waals surface area contributed by atoms with Gasteiger partial charge in [0.15, 0.2) is 5.78 Å². The summed E-state index contributed by atoms with van der Waals surface area (Å²) in [6, 6.07) is 22.4. The van der Waals surface area contributed by atoms with E-state index in [9.17, 15) is 9.59 Å². The van der Waals surface area contributed by atoms with E-state index in [1.165, 1.54) is 11.4 Å². The van der Waals surface area contributed by atoms with Crippen LogP contribution in [0, 0.1) is 12.8 Å². The third-order valence-corrected chi connectivity index (χ3v) is 6.31. The summed E-state index contributed by atoms with van der Waals surface area (Å²) < 4.78 is 5.73. The summed E-state index contributed by atoms with van der Waals surface area (Å²) >= 11 is 0. The number of aryl methyl sites for hydroxylation is 1. The number of nitrogens with zero attached hydrogens (tertiary/aromatic N) is 3. The van der Waals surface area contributed by atoms with Crippen molar-refractivity contribution in [2.24, 2.45) is 16.0 Å². The largest absolute Gasteiger partial charge is 0.494 e. The van der Waals surface area contributed by atoms with Crippen LogP contribution in [0.4, 0.5) is 11.4 Å². The Bertz CT molecular complexity index is 1340. The van der Waals surface area contributed by atoms with Crippen LogP contribution in [0.5, 0.6) is 5.75 Å². The van der Waals surface area contributed by atoms with Crippen molar-refractivity contribution in [1.29, 1.82) is 0 Å². The number of aliphatic imine (C=N–C) groups is 1. The Morgan fingerprint density at radius 2 is 1.68 bits per heavy atom. The molecule has 1 amide bonds. The maximum absolute atomic E-state index is 12.9. The van der Waals surface area contributed by atoms with Crippen molar-refractivity contribution in [3.8, 4) is 5.75 Å². The zero-order chi connectivity index (χ0) is 26.9. The number of carbonyl (C=O) groups is 2. The van der Waals surface area contributed by atoms with Gasteiger partial charge in [0.1, 0.15) is 11.7 Å². The van der Waals surface area contributed by atoms with Gasteiger partial charge in [-0.25, -0.2) is 0 Å². The molecule has 194 valence electrons. The first-order valence-corrected chi connectivity index (χ1v) is 13.0. The molecule has 0 saturated heterocycles. The molecule has 1 atom stereocenters. The van der Waals surface area contributed by atoms with Gasteiger partial charge in [0.25, 0.3) is 5.91 Å². The number of unbranched alkanes of at least 4 members (excludes halogenated alkanes) is 2. The molecule has 0 bridgehead atoms. The first-order chi connectivity index (χ1) is 18.4.